The molecule has 2 aromatic carbocycles. The Kier molecular flexibility index (Phi) is 3.86. The summed E-state index contributed by atoms with van der Waals surface area (Å²) < 4.78 is 0. The largest absolute Gasteiger partial charge is 0.369 e. The maximum Gasteiger partial charge on any atom is 0.0367 e. The van der Waals surface area contributed by atoms with E-state index in [1.165, 1.54) is 38.0 Å². The molecule has 4 rings (SSSR count). The molecule has 0 bridgehead atoms. The summed E-state index contributed by atoms with van der Waals surface area (Å²) in [5.41, 5.74) is 4.52. The third-order valence-electron chi connectivity index (χ3n) is 5.27. The van der Waals surface area contributed by atoms with Gasteiger partial charge in [0.05, 0.1) is 0 Å². The lowest BCUT2D eigenvalue weighted by Crippen LogP contribution is -2.51. The van der Waals surface area contributed by atoms with Gasteiger partial charge in [-0.15, -0.1) is 0 Å². The van der Waals surface area contributed by atoms with Crippen molar-refractivity contribution >= 4 is 5.69 Å². The van der Waals surface area contributed by atoms with Crippen molar-refractivity contribution < 1.29 is 0 Å². The van der Waals surface area contributed by atoms with Gasteiger partial charge < -0.3 is 4.90 Å². The van der Waals surface area contributed by atoms with Crippen LogP contribution in [0.5, 0.6) is 0 Å². The average Bonchev–Trinajstić information content (AvgIpc) is 2.62. The van der Waals surface area contributed by atoms with Crippen molar-refractivity contribution in [2.75, 3.05) is 31.1 Å². The minimum atomic E-state index is 0.743. The Morgan fingerprint density at radius 1 is 0.727 bits per heavy atom. The summed E-state index contributed by atoms with van der Waals surface area (Å²) in [5.74, 6) is 0. The van der Waals surface area contributed by atoms with Crippen LogP contribution >= 0.6 is 0 Å². The van der Waals surface area contributed by atoms with Crippen LogP contribution in [0.2, 0.25) is 0 Å². The maximum absolute atomic E-state index is 2.72. The van der Waals surface area contributed by atoms with Gasteiger partial charge in [-0.25, -0.2) is 0 Å². The second-order valence-electron chi connectivity index (χ2n) is 6.52. The Labute approximate surface area is 133 Å². The highest BCUT2D eigenvalue weighted by atomic mass is 15.3. The van der Waals surface area contributed by atoms with Crippen LogP contribution in [0.15, 0.2) is 54.6 Å². The van der Waals surface area contributed by atoms with E-state index in [1.807, 2.05) is 0 Å². The smallest absolute Gasteiger partial charge is 0.0367 e. The number of nitrogens with zero attached hydrogens (tertiary/aromatic N) is 2. The molecular weight excluding hydrogens is 268 g/mol. The van der Waals surface area contributed by atoms with Crippen molar-refractivity contribution in [2.45, 2.75) is 25.3 Å². The number of piperazine rings is 1. The molecule has 0 N–H and O–H groups in total. The van der Waals surface area contributed by atoms with Crippen LogP contribution in [0, 0.1) is 0 Å². The van der Waals surface area contributed by atoms with E-state index < -0.39 is 0 Å². The maximum atomic E-state index is 2.72. The van der Waals surface area contributed by atoms with Gasteiger partial charge in [0.25, 0.3) is 0 Å². The van der Waals surface area contributed by atoms with Gasteiger partial charge in [0.2, 0.25) is 0 Å². The van der Waals surface area contributed by atoms with E-state index in [9.17, 15) is 0 Å². The van der Waals surface area contributed by atoms with Gasteiger partial charge in [-0.3, -0.25) is 4.90 Å². The lowest BCUT2D eigenvalue weighted by molar-refractivity contribution is 0.170. The first-order valence-corrected chi connectivity index (χ1v) is 8.51. The van der Waals surface area contributed by atoms with Crippen LogP contribution < -0.4 is 4.90 Å². The molecule has 2 aromatic rings. The van der Waals surface area contributed by atoms with Crippen molar-refractivity contribution in [3.8, 4) is 0 Å². The van der Waals surface area contributed by atoms with Crippen LogP contribution in [0.25, 0.3) is 0 Å². The number of hydrogen-bond donors (Lipinski definition) is 0. The molecule has 2 aliphatic rings. The Morgan fingerprint density at radius 2 is 1.41 bits per heavy atom. The number of aryl methyl sites for hydroxylation is 1. The Bertz CT molecular complexity index is 615. The Balaban J connectivity index is 1.38. The van der Waals surface area contributed by atoms with Gasteiger partial charge in [0, 0.05) is 37.9 Å². The molecule has 22 heavy (non-hydrogen) atoms. The first-order valence-electron chi connectivity index (χ1n) is 8.51. The molecule has 0 aromatic heterocycles. The fourth-order valence-electron chi connectivity index (χ4n) is 3.97. The summed E-state index contributed by atoms with van der Waals surface area (Å²) >= 11 is 0. The van der Waals surface area contributed by atoms with Gasteiger partial charge in [0.15, 0.2) is 0 Å². The van der Waals surface area contributed by atoms with Crippen molar-refractivity contribution in [3.63, 3.8) is 0 Å². The Hall–Kier alpha value is -1.80. The molecule has 1 unspecified atom stereocenters. The van der Waals surface area contributed by atoms with Gasteiger partial charge in [-0.2, -0.15) is 0 Å². The molecule has 1 atom stereocenters. The van der Waals surface area contributed by atoms with E-state index in [1.54, 1.807) is 11.1 Å². The standard InChI is InChI=1S/C20H24N2/c1-2-8-19(9-3-1)21-12-14-22(15-13-21)20-11-10-17-6-4-5-7-18(17)16-20/h1-9,20H,10-16H2. The van der Waals surface area contributed by atoms with E-state index in [2.05, 4.69) is 64.4 Å². The highest BCUT2D eigenvalue weighted by molar-refractivity contribution is 5.46. The predicted molar refractivity (Wildman–Crippen MR) is 92.5 cm³/mol. The van der Waals surface area contributed by atoms with Crippen LogP contribution in [0.4, 0.5) is 5.69 Å². The molecule has 1 fully saturated rings. The van der Waals surface area contributed by atoms with Crippen LogP contribution in [-0.2, 0) is 12.8 Å². The average molecular weight is 292 g/mol. The molecule has 1 aliphatic heterocycles. The van der Waals surface area contributed by atoms with Crippen molar-refractivity contribution in [2.24, 2.45) is 0 Å². The summed E-state index contributed by atoms with van der Waals surface area (Å²) in [6.45, 7) is 4.70. The third kappa shape index (κ3) is 2.76. The minimum absolute atomic E-state index is 0.743. The van der Waals surface area contributed by atoms with E-state index in [0.717, 1.165) is 19.1 Å². The van der Waals surface area contributed by atoms with Crippen molar-refractivity contribution in [3.05, 3.63) is 65.7 Å². The summed E-state index contributed by atoms with van der Waals surface area (Å²) in [7, 11) is 0. The zero-order chi connectivity index (χ0) is 14.8. The molecule has 2 heteroatoms. The van der Waals surface area contributed by atoms with E-state index in [4.69, 9.17) is 0 Å². The van der Waals surface area contributed by atoms with Gasteiger partial charge >= 0.3 is 0 Å². The predicted octanol–water partition coefficient (Wildman–Crippen LogP) is 3.37. The number of para-hydroxylation sites is 1. The second-order valence-corrected chi connectivity index (χ2v) is 6.52. The highest BCUT2D eigenvalue weighted by Gasteiger charge is 2.27. The number of fused-ring (bicyclic) bond motifs is 1. The number of rotatable bonds is 2. The highest BCUT2D eigenvalue weighted by Crippen LogP contribution is 2.26. The zero-order valence-electron chi connectivity index (χ0n) is 13.1. The summed E-state index contributed by atoms with van der Waals surface area (Å²) in [5, 5.41) is 0. The summed E-state index contributed by atoms with van der Waals surface area (Å²) in [6, 6.07) is 20.6. The topological polar surface area (TPSA) is 6.48 Å². The van der Waals surface area contributed by atoms with Crippen molar-refractivity contribution in [1.29, 1.82) is 0 Å². The molecule has 114 valence electrons. The van der Waals surface area contributed by atoms with E-state index >= 15 is 0 Å². The van der Waals surface area contributed by atoms with Crippen molar-refractivity contribution in [1.82, 2.24) is 4.90 Å². The monoisotopic (exact) mass is 292 g/mol. The molecule has 1 heterocycles. The zero-order valence-corrected chi connectivity index (χ0v) is 13.1. The quantitative estimate of drug-likeness (QED) is 0.837. The van der Waals surface area contributed by atoms with Gasteiger partial charge in [-0.05, 0) is 42.5 Å². The van der Waals surface area contributed by atoms with Crippen LogP contribution in [-0.4, -0.2) is 37.1 Å². The molecular formula is C20H24N2. The first-order chi connectivity index (χ1) is 10.9. The Morgan fingerprint density at radius 3 is 2.18 bits per heavy atom. The number of benzene rings is 2. The second kappa shape index (κ2) is 6.13. The minimum Gasteiger partial charge on any atom is -0.369 e. The van der Waals surface area contributed by atoms with E-state index in [0.29, 0.717) is 0 Å². The normalized spacial score (nSPS) is 22.4. The fraction of sp³-hybridized carbons (Fsp3) is 0.400. The summed E-state index contributed by atoms with van der Waals surface area (Å²) in [6.07, 6.45) is 3.81. The molecule has 2 nitrogen and oxygen atoms in total. The van der Waals surface area contributed by atoms with Gasteiger partial charge in [-0.1, -0.05) is 42.5 Å². The van der Waals surface area contributed by atoms with Gasteiger partial charge in [0.1, 0.15) is 0 Å². The molecule has 0 spiro atoms. The SMILES string of the molecule is c1ccc(N2CCN(C3CCc4ccccc4C3)CC2)cc1. The number of anilines is 1. The fourth-order valence-corrected chi connectivity index (χ4v) is 3.97. The molecule has 0 saturated carbocycles. The molecule has 0 amide bonds. The molecule has 1 saturated heterocycles. The van der Waals surface area contributed by atoms with Crippen LogP contribution in [0.1, 0.15) is 17.5 Å². The first kappa shape index (κ1) is 13.8. The molecule has 1 aliphatic carbocycles. The van der Waals surface area contributed by atoms with E-state index in [-0.39, 0.29) is 0 Å². The third-order valence-corrected chi connectivity index (χ3v) is 5.27. The number of hydrogen-bond acceptors (Lipinski definition) is 2. The summed E-state index contributed by atoms with van der Waals surface area (Å²) in [4.78, 5) is 5.24. The lowest BCUT2D eigenvalue weighted by Gasteiger charge is -2.42. The van der Waals surface area contributed by atoms with Crippen LogP contribution in [0.3, 0.4) is 0 Å². The molecule has 0 radical (unpaired) electrons. The lowest BCUT2D eigenvalue weighted by atomic mass is 9.87.